The Labute approximate surface area is 153 Å². The number of H-pyrrole nitrogens is 1. The van der Waals surface area contributed by atoms with Crippen LogP contribution < -0.4 is 10.5 Å². The minimum absolute atomic E-state index is 0.0985. The first-order chi connectivity index (χ1) is 12.1. The Morgan fingerprint density at radius 1 is 1.40 bits per heavy atom. The summed E-state index contributed by atoms with van der Waals surface area (Å²) in [6, 6.07) is 10.1. The number of aromatic nitrogens is 2. The number of nitrogens with zero attached hydrogens (tertiary/aromatic N) is 2. The van der Waals surface area contributed by atoms with Gasteiger partial charge in [0.2, 0.25) is 5.91 Å². The van der Waals surface area contributed by atoms with E-state index >= 15 is 0 Å². The lowest BCUT2D eigenvalue weighted by atomic mass is 10.1. The molecule has 0 fully saturated rings. The molecule has 1 amide bonds. The van der Waals surface area contributed by atoms with Crippen molar-refractivity contribution in [3.05, 3.63) is 57.5 Å². The van der Waals surface area contributed by atoms with Crippen LogP contribution in [-0.2, 0) is 17.0 Å². The fraction of sp³-hybridized carbons (Fsp3) is 0.278. The van der Waals surface area contributed by atoms with Crippen LogP contribution in [0, 0.1) is 0 Å². The summed E-state index contributed by atoms with van der Waals surface area (Å²) in [5, 5.41) is 1.86. The van der Waals surface area contributed by atoms with Crippen LogP contribution in [0.5, 0.6) is 0 Å². The van der Waals surface area contributed by atoms with E-state index in [1.807, 2.05) is 34.5 Å². The summed E-state index contributed by atoms with van der Waals surface area (Å²) >= 11 is 2.87. The molecule has 5 nitrogen and oxygen atoms in total. The lowest BCUT2D eigenvalue weighted by Crippen LogP contribution is -2.37. The number of hydrogen-bond acceptors (Lipinski definition) is 5. The van der Waals surface area contributed by atoms with Crippen molar-refractivity contribution in [1.82, 2.24) is 9.97 Å². The van der Waals surface area contributed by atoms with E-state index in [1.54, 1.807) is 0 Å². The van der Waals surface area contributed by atoms with E-state index < -0.39 is 0 Å². The van der Waals surface area contributed by atoms with Gasteiger partial charge in [0.05, 0.1) is 17.0 Å². The van der Waals surface area contributed by atoms with Crippen LogP contribution in [0.15, 0.2) is 40.5 Å². The minimum atomic E-state index is -0.107. The molecule has 0 radical (unpaired) electrons. The van der Waals surface area contributed by atoms with Crippen molar-refractivity contribution in [3.8, 4) is 0 Å². The SMILES string of the molecule is CC1Cc2ccccc2N1C(=O)CSCc1nc2ccsc2c(=O)[nH]1. The molecule has 0 spiro atoms. The lowest BCUT2D eigenvalue weighted by molar-refractivity contribution is -0.116. The third-order valence-corrected chi connectivity index (χ3v) is 6.14. The number of thioether (sulfide) groups is 1. The van der Waals surface area contributed by atoms with Crippen LogP contribution in [0.2, 0.25) is 0 Å². The molecular formula is C18H17N3O2S2. The molecule has 0 aliphatic carbocycles. The van der Waals surface area contributed by atoms with E-state index in [4.69, 9.17) is 0 Å². The number of anilines is 1. The Bertz CT molecular complexity index is 995. The molecule has 3 heterocycles. The highest BCUT2D eigenvalue weighted by atomic mass is 32.2. The molecule has 1 aliphatic heterocycles. The molecule has 25 heavy (non-hydrogen) atoms. The van der Waals surface area contributed by atoms with Gasteiger partial charge in [-0.25, -0.2) is 4.98 Å². The number of aromatic amines is 1. The fourth-order valence-corrected chi connectivity index (χ4v) is 4.71. The van der Waals surface area contributed by atoms with Gasteiger partial charge in [-0.2, -0.15) is 0 Å². The first kappa shape index (κ1) is 16.4. The number of benzene rings is 1. The number of carbonyl (C=O) groups excluding carboxylic acids is 1. The molecule has 1 atom stereocenters. The molecule has 1 N–H and O–H groups in total. The second-order valence-electron chi connectivity index (χ2n) is 6.09. The normalized spacial score (nSPS) is 16.4. The van der Waals surface area contributed by atoms with Crippen LogP contribution >= 0.6 is 23.1 Å². The van der Waals surface area contributed by atoms with Crippen molar-refractivity contribution in [2.45, 2.75) is 25.1 Å². The fourth-order valence-electron chi connectivity index (χ4n) is 3.24. The average molecular weight is 371 g/mol. The van der Waals surface area contributed by atoms with E-state index in [0.717, 1.165) is 17.6 Å². The molecule has 1 unspecified atom stereocenters. The number of rotatable bonds is 4. The molecule has 1 aromatic carbocycles. The highest BCUT2D eigenvalue weighted by molar-refractivity contribution is 7.99. The maximum Gasteiger partial charge on any atom is 0.268 e. The second kappa shape index (κ2) is 6.65. The predicted octanol–water partition coefficient (Wildman–Crippen LogP) is 3.20. The van der Waals surface area contributed by atoms with Crippen molar-refractivity contribution in [1.29, 1.82) is 0 Å². The van der Waals surface area contributed by atoms with Crippen LogP contribution in [0.4, 0.5) is 5.69 Å². The van der Waals surface area contributed by atoms with Gasteiger partial charge in [-0.1, -0.05) is 18.2 Å². The predicted molar refractivity (Wildman–Crippen MR) is 103 cm³/mol. The Kier molecular flexibility index (Phi) is 4.35. The van der Waals surface area contributed by atoms with Crippen molar-refractivity contribution in [3.63, 3.8) is 0 Å². The maximum absolute atomic E-state index is 12.7. The van der Waals surface area contributed by atoms with E-state index in [0.29, 0.717) is 22.0 Å². The van der Waals surface area contributed by atoms with Gasteiger partial charge in [0.15, 0.2) is 0 Å². The van der Waals surface area contributed by atoms with Crippen LogP contribution in [0.25, 0.3) is 10.2 Å². The Morgan fingerprint density at radius 2 is 2.24 bits per heavy atom. The van der Waals surface area contributed by atoms with E-state index in [2.05, 4.69) is 23.0 Å². The summed E-state index contributed by atoms with van der Waals surface area (Å²) in [5.41, 5.74) is 2.86. The molecule has 0 saturated heterocycles. The number of nitrogens with one attached hydrogen (secondary N) is 1. The first-order valence-corrected chi connectivity index (χ1v) is 10.1. The monoisotopic (exact) mass is 371 g/mol. The average Bonchev–Trinajstić information content (AvgIpc) is 3.18. The molecule has 4 rings (SSSR count). The van der Waals surface area contributed by atoms with Crippen molar-refractivity contribution < 1.29 is 4.79 Å². The maximum atomic E-state index is 12.7. The van der Waals surface area contributed by atoms with E-state index in [9.17, 15) is 9.59 Å². The van der Waals surface area contributed by atoms with Gasteiger partial charge in [0.25, 0.3) is 5.56 Å². The largest absolute Gasteiger partial charge is 0.309 e. The van der Waals surface area contributed by atoms with Crippen molar-refractivity contribution >= 4 is 44.9 Å². The van der Waals surface area contributed by atoms with Crippen LogP contribution in [0.3, 0.4) is 0 Å². The van der Waals surface area contributed by atoms with Gasteiger partial charge in [-0.05, 0) is 36.4 Å². The molecule has 7 heteroatoms. The standard InChI is InChI=1S/C18H17N3O2S2/c1-11-8-12-4-2-3-5-14(12)21(11)16(22)10-24-9-15-19-13-6-7-25-17(13)18(23)20-15/h2-7,11H,8-10H2,1H3,(H,19,20,23). The number of thiophene rings is 1. The van der Waals surface area contributed by atoms with E-state index in [1.165, 1.54) is 28.7 Å². The van der Waals surface area contributed by atoms with Gasteiger partial charge >= 0.3 is 0 Å². The Morgan fingerprint density at radius 3 is 3.12 bits per heavy atom. The summed E-state index contributed by atoms with van der Waals surface area (Å²) in [6.07, 6.45) is 0.899. The summed E-state index contributed by atoms with van der Waals surface area (Å²) in [5.74, 6) is 1.59. The molecule has 0 bridgehead atoms. The zero-order valence-electron chi connectivity index (χ0n) is 13.7. The molecule has 1 aliphatic rings. The Hall–Kier alpha value is -2.12. The smallest absolute Gasteiger partial charge is 0.268 e. The van der Waals surface area contributed by atoms with Crippen LogP contribution in [-0.4, -0.2) is 27.7 Å². The quantitative estimate of drug-likeness (QED) is 0.765. The highest BCUT2D eigenvalue weighted by Gasteiger charge is 2.30. The third-order valence-electron chi connectivity index (χ3n) is 4.30. The summed E-state index contributed by atoms with van der Waals surface area (Å²) in [6.45, 7) is 2.08. The summed E-state index contributed by atoms with van der Waals surface area (Å²) in [7, 11) is 0. The topological polar surface area (TPSA) is 66.1 Å². The van der Waals surface area contributed by atoms with Gasteiger partial charge < -0.3 is 9.88 Å². The highest BCUT2D eigenvalue weighted by Crippen LogP contribution is 2.32. The summed E-state index contributed by atoms with van der Waals surface area (Å²) < 4.78 is 0.646. The van der Waals surface area contributed by atoms with Gasteiger partial charge in [-0.3, -0.25) is 9.59 Å². The number of para-hydroxylation sites is 1. The zero-order valence-corrected chi connectivity index (χ0v) is 15.3. The van der Waals surface area contributed by atoms with Crippen molar-refractivity contribution in [2.24, 2.45) is 0 Å². The van der Waals surface area contributed by atoms with Gasteiger partial charge in [-0.15, -0.1) is 23.1 Å². The zero-order chi connectivity index (χ0) is 17.4. The van der Waals surface area contributed by atoms with Crippen molar-refractivity contribution in [2.75, 3.05) is 10.7 Å². The second-order valence-corrected chi connectivity index (χ2v) is 7.99. The molecule has 128 valence electrons. The molecule has 0 saturated carbocycles. The van der Waals surface area contributed by atoms with E-state index in [-0.39, 0.29) is 17.5 Å². The number of amides is 1. The number of fused-ring (bicyclic) bond motifs is 2. The number of hydrogen-bond donors (Lipinski definition) is 1. The van der Waals surface area contributed by atoms with Crippen LogP contribution in [0.1, 0.15) is 18.3 Å². The number of carbonyl (C=O) groups is 1. The Balaban J connectivity index is 1.43. The molecule has 3 aromatic rings. The molecular weight excluding hydrogens is 354 g/mol. The first-order valence-electron chi connectivity index (χ1n) is 8.07. The third kappa shape index (κ3) is 3.09. The summed E-state index contributed by atoms with van der Waals surface area (Å²) in [4.78, 5) is 33.8. The van der Waals surface area contributed by atoms with Gasteiger partial charge in [0, 0.05) is 11.7 Å². The lowest BCUT2D eigenvalue weighted by Gasteiger charge is -2.22. The molecule has 2 aromatic heterocycles. The van der Waals surface area contributed by atoms with Gasteiger partial charge in [0.1, 0.15) is 10.5 Å². The minimum Gasteiger partial charge on any atom is -0.309 e.